The molecule has 0 bridgehead atoms. The number of benzene rings is 2. The summed E-state index contributed by atoms with van der Waals surface area (Å²) in [4.78, 5) is 17.3. The highest BCUT2D eigenvalue weighted by molar-refractivity contribution is 8.18. The van der Waals surface area contributed by atoms with Crippen molar-refractivity contribution in [2.75, 3.05) is 21.3 Å². The van der Waals surface area contributed by atoms with Gasteiger partial charge in [0.2, 0.25) is 0 Å². The summed E-state index contributed by atoms with van der Waals surface area (Å²) in [5.74, 6) is 1.49. The zero-order valence-corrected chi connectivity index (χ0v) is 16.3. The fourth-order valence-corrected chi connectivity index (χ4v) is 3.36. The molecule has 0 unspecified atom stereocenters. The van der Waals surface area contributed by atoms with Crippen molar-refractivity contribution in [2.45, 2.75) is 6.92 Å². The Morgan fingerprint density at radius 3 is 2.22 bits per heavy atom. The molecule has 2 aromatic rings. The summed E-state index contributed by atoms with van der Waals surface area (Å²) < 4.78 is 16.0. The predicted molar refractivity (Wildman–Crippen MR) is 108 cm³/mol. The Kier molecular flexibility index (Phi) is 5.71. The Morgan fingerprint density at radius 1 is 0.963 bits per heavy atom. The molecule has 1 aliphatic heterocycles. The molecule has 140 valence electrons. The van der Waals surface area contributed by atoms with Gasteiger partial charge in [-0.2, -0.15) is 0 Å². The maximum Gasteiger partial charge on any atom is 0.264 e. The van der Waals surface area contributed by atoms with Crippen molar-refractivity contribution in [3.05, 3.63) is 52.4 Å². The van der Waals surface area contributed by atoms with Crippen molar-refractivity contribution in [3.63, 3.8) is 0 Å². The number of aryl methyl sites for hydroxylation is 1. The van der Waals surface area contributed by atoms with Crippen molar-refractivity contribution in [2.24, 2.45) is 4.99 Å². The maximum absolute atomic E-state index is 12.3. The van der Waals surface area contributed by atoms with E-state index >= 15 is 0 Å². The molecule has 0 aliphatic carbocycles. The fourth-order valence-electron chi connectivity index (χ4n) is 2.52. The summed E-state index contributed by atoms with van der Waals surface area (Å²) in [6.45, 7) is 2.01. The highest BCUT2D eigenvalue weighted by atomic mass is 32.2. The van der Waals surface area contributed by atoms with Gasteiger partial charge in [-0.25, -0.2) is 4.99 Å². The van der Waals surface area contributed by atoms with Crippen molar-refractivity contribution in [1.82, 2.24) is 5.32 Å². The van der Waals surface area contributed by atoms with Crippen LogP contribution in [0.2, 0.25) is 0 Å². The van der Waals surface area contributed by atoms with Crippen molar-refractivity contribution >= 4 is 34.6 Å². The van der Waals surface area contributed by atoms with E-state index in [1.165, 1.54) is 11.8 Å². The first kappa shape index (κ1) is 18.8. The zero-order valence-electron chi connectivity index (χ0n) is 15.5. The fraction of sp³-hybridized carbons (Fsp3) is 0.200. The van der Waals surface area contributed by atoms with Crippen LogP contribution in [0.5, 0.6) is 17.2 Å². The standard InChI is InChI=1S/C20H20N2O4S/c1-12-5-7-14(8-6-12)21-20-22-19(23)18(27-20)10-13-9-16(25-3)17(26-4)11-15(13)24-2/h5-11H,1-4H3,(H,21,22,23). The van der Waals surface area contributed by atoms with Gasteiger partial charge in [0.15, 0.2) is 16.7 Å². The van der Waals surface area contributed by atoms with Gasteiger partial charge in [0.1, 0.15) is 5.75 Å². The Hall–Kier alpha value is -2.93. The minimum absolute atomic E-state index is 0.206. The molecule has 1 amide bonds. The van der Waals surface area contributed by atoms with Crippen molar-refractivity contribution in [3.8, 4) is 17.2 Å². The van der Waals surface area contributed by atoms with E-state index < -0.39 is 0 Å². The van der Waals surface area contributed by atoms with Gasteiger partial charge in [0, 0.05) is 11.6 Å². The SMILES string of the molecule is COc1cc(OC)c(OC)cc1C=C1SC(=Nc2ccc(C)cc2)NC1=O. The number of hydrogen-bond acceptors (Lipinski definition) is 6. The molecule has 0 radical (unpaired) electrons. The Morgan fingerprint density at radius 2 is 1.59 bits per heavy atom. The van der Waals surface area contributed by atoms with Crippen LogP contribution in [0, 0.1) is 6.92 Å². The number of ether oxygens (including phenoxy) is 3. The number of aliphatic imine (C=N–C) groups is 1. The summed E-state index contributed by atoms with van der Waals surface area (Å²) in [6, 6.07) is 11.3. The maximum atomic E-state index is 12.3. The number of carbonyl (C=O) groups is 1. The van der Waals surface area contributed by atoms with Gasteiger partial charge in [-0.15, -0.1) is 0 Å². The van der Waals surface area contributed by atoms with Gasteiger partial charge in [-0.05, 0) is 43.0 Å². The number of carbonyl (C=O) groups excluding carboxylic acids is 1. The third-order valence-corrected chi connectivity index (χ3v) is 4.85. The molecule has 0 spiro atoms. The van der Waals surface area contributed by atoms with Crippen LogP contribution in [0.25, 0.3) is 6.08 Å². The molecule has 2 aromatic carbocycles. The largest absolute Gasteiger partial charge is 0.496 e. The van der Waals surface area contributed by atoms with E-state index in [0.29, 0.717) is 32.9 Å². The van der Waals surface area contributed by atoms with E-state index in [1.54, 1.807) is 39.5 Å². The highest BCUT2D eigenvalue weighted by Crippen LogP contribution is 2.37. The molecule has 0 saturated carbocycles. The minimum Gasteiger partial charge on any atom is -0.496 e. The molecular formula is C20H20N2O4S. The number of nitrogens with zero attached hydrogens (tertiary/aromatic N) is 1. The van der Waals surface area contributed by atoms with Crippen LogP contribution < -0.4 is 19.5 Å². The molecule has 6 nitrogen and oxygen atoms in total. The summed E-state index contributed by atoms with van der Waals surface area (Å²) in [5.41, 5.74) is 2.65. The normalized spacial score (nSPS) is 16.5. The predicted octanol–water partition coefficient (Wildman–Crippen LogP) is 3.91. The molecule has 1 aliphatic rings. The van der Waals surface area contributed by atoms with E-state index in [4.69, 9.17) is 14.2 Å². The van der Waals surface area contributed by atoms with E-state index in [1.807, 2.05) is 31.2 Å². The summed E-state index contributed by atoms with van der Waals surface area (Å²) in [6.07, 6.45) is 1.75. The Labute approximate surface area is 162 Å². The van der Waals surface area contributed by atoms with Gasteiger partial charge in [-0.3, -0.25) is 4.79 Å². The van der Waals surface area contributed by atoms with Crippen molar-refractivity contribution in [1.29, 1.82) is 0 Å². The van der Waals surface area contributed by atoms with Crippen molar-refractivity contribution < 1.29 is 19.0 Å². The smallest absolute Gasteiger partial charge is 0.264 e. The van der Waals surface area contributed by atoms with Gasteiger partial charge < -0.3 is 19.5 Å². The number of rotatable bonds is 5. The molecule has 0 atom stereocenters. The number of hydrogen-bond donors (Lipinski definition) is 1. The molecule has 1 fully saturated rings. The summed E-state index contributed by atoms with van der Waals surface area (Å²) >= 11 is 1.28. The second-order valence-electron chi connectivity index (χ2n) is 5.77. The monoisotopic (exact) mass is 384 g/mol. The van der Waals surface area contributed by atoms with E-state index in [2.05, 4.69) is 10.3 Å². The molecule has 3 rings (SSSR count). The molecule has 1 saturated heterocycles. The van der Waals surface area contributed by atoms with E-state index in [9.17, 15) is 4.79 Å². The number of thioether (sulfide) groups is 1. The lowest BCUT2D eigenvalue weighted by molar-refractivity contribution is -0.115. The molecule has 0 aromatic heterocycles. The number of amides is 1. The van der Waals surface area contributed by atoms with Crippen LogP contribution in [-0.4, -0.2) is 32.4 Å². The van der Waals surface area contributed by atoms with Crippen LogP contribution in [0.4, 0.5) is 5.69 Å². The van der Waals surface area contributed by atoms with Gasteiger partial charge in [0.25, 0.3) is 5.91 Å². The van der Waals surface area contributed by atoms with Crippen LogP contribution in [-0.2, 0) is 4.79 Å². The molecule has 1 heterocycles. The molecule has 1 N–H and O–H groups in total. The molecular weight excluding hydrogens is 364 g/mol. The average molecular weight is 384 g/mol. The van der Waals surface area contributed by atoms with Crippen LogP contribution in [0.3, 0.4) is 0 Å². The molecule has 27 heavy (non-hydrogen) atoms. The average Bonchev–Trinajstić information content (AvgIpc) is 3.02. The third-order valence-electron chi connectivity index (χ3n) is 3.94. The Balaban J connectivity index is 1.91. The van der Waals surface area contributed by atoms with Gasteiger partial charge >= 0.3 is 0 Å². The second-order valence-corrected chi connectivity index (χ2v) is 6.80. The van der Waals surface area contributed by atoms with E-state index in [0.717, 1.165) is 11.3 Å². The van der Waals surface area contributed by atoms with Crippen LogP contribution in [0.15, 0.2) is 46.3 Å². The van der Waals surface area contributed by atoms with Crippen LogP contribution >= 0.6 is 11.8 Å². The Bertz CT molecular complexity index is 920. The highest BCUT2D eigenvalue weighted by Gasteiger charge is 2.24. The first-order valence-corrected chi connectivity index (χ1v) is 9.02. The van der Waals surface area contributed by atoms with Gasteiger partial charge in [0.05, 0.1) is 31.9 Å². The number of amidine groups is 1. The topological polar surface area (TPSA) is 69.2 Å². The van der Waals surface area contributed by atoms with Gasteiger partial charge in [-0.1, -0.05) is 17.7 Å². The zero-order chi connectivity index (χ0) is 19.4. The summed E-state index contributed by atoms with van der Waals surface area (Å²) in [5, 5.41) is 3.32. The number of methoxy groups -OCH3 is 3. The quantitative estimate of drug-likeness (QED) is 0.792. The molecule has 7 heteroatoms. The van der Waals surface area contributed by atoms with Crippen LogP contribution in [0.1, 0.15) is 11.1 Å². The lowest BCUT2D eigenvalue weighted by Crippen LogP contribution is -2.19. The lowest BCUT2D eigenvalue weighted by atomic mass is 10.1. The van der Waals surface area contributed by atoms with E-state index in [-0.39, 0.29) is 5.91 Å². The lowest BCUT2D eigenvalue weighted by Gasteiger charge is -2.12. The number of nitrogens with one attached hydrogen (secondary N) is 1. The minimum atomic E-state index is -0.206. The first-order chi connectivity index (χ1) is 13.0. The summed E-state index contributed by atoms with van der Waals surface area (Å²) in [7, 11) is 4.68. The third kappa shape index (κ3) is 4.25. The first-order valence-electron chi connectivity index (χ1n) is 8.20. The second kappa shape index (κ2) is 8.18.